The summed E-state index contributed by atoms with van der Waals surface area (Å²) in [7, 11) is 0. The quantitative estimate of drug-likeness (QED) is 0.424. The third kappa shape index (κ3) is 4.63. The molecule has 1 saturated heterocycles. The van der Waals surface area contributed by atoms with Gasteiger partial charge in [-0.2, -0.15) is 18.3 Å². The predicted octanol–water partition coefficient (Wildman–Crippen LogP) is 4.73. The molecule has 182 valence electrons. The number of thiazole rings is 1. The van der Waals surface area contributed by atoms with Crippen LogP contribution < -0.4 is 5.32 Å². The zero-order chi connectivity index (χ0) is 24.7. The van der Waals surface area contributed by atoms with Crippen molar-refractivity contribution in [3.63, 3.8) is 0 Å². The van der Waals surface area contributed by atoms with Gasteiger partial charge in [0, 0.05) is 52.2 Å². The van der Waals surface area contributed by atoms with E-state index < -0.39 is 18.0 Å². The Morgan fingerprint density at radius 1 is 1.20 bits per heavy atom. The number of rotatable bonds is 5. The Morgan fingerprint density at radius 3 is 2.60 bits per heavy atom. The lowest BCUT2D eigenvalue weighted by atomic mass is 10.0. The van der Waals surface area contributed by atoms with E-state index in [4.69, 9.17) is 4.74 Å². The molecule has 0 radical (unpaired) electrons. The molecule has 5 rings (SSSR count). The Balaban J connectivity index is 1.49. The number of hydrogen-bond donors (Lipinski definition) is 1. The maximum atomic E-state index is 13.2. The van der Waals surface area contributed by atoms with Crippen LogP contribution in [0.4, 0.5) is 13.2 Å². The molecule has 8 nitrogen and oxygen atoms in total. The zero-order valence-electron chi connectivity index (χ0n) is 18.8. The highest BCUT2D eigenvalue weighted by Crippen LogP contribution is 2.35. The van der Waals surface area contributed by atoms with Gasteiger partial charge in [0.2, 0.25) is 5.82 Å². The zero-order valence-corrected chi connectivity index (χ0v) is 19.7. The second-order valence-electron chi connectivity index (χ2n) is 8.37. The topological polar surface area (TPSA) is 94.8 Å². The Bertz CT molecular complexity index is 1380. The monoisotopic (exact) mass is 502 g/mol. The van der Waals surface area contributed by atoms with Crippen LogP contribution in [0.15, 0.2) is 36.9 Å². The lowest BCUT2D eigenvalue weighted by Gasteiger charge is -2.16. The lowest BCUT2D eigenvalue weighted by molar-refractivity contribution is -0.145. The Hall–Kier alpha value is -3.38. The molecule has 1 N–H and O–H groups in total. The molecule has 1 fully saturated rings. The van der Waals surface area contributed by atoms with Gasteiger partial charge in [-0.1, -0.05) is 0 Å². The van der Waals surface area contributed by atoms with Crippen molar-refractivity contribution in [3.8, 4) is 10.6 Å². The number of carbonyl (C=O) groups is 1. The molecule has 4 aromatic rings. The minimum absolute atomic E-state index is 0.0694. The fourth-order valence-corrected chi connectivity index (χ4v) is 4.80. The van der Waals surface area contributed by atoms with Crippen LogP contribution in [0.3, 0.4) is 0 Å². The first-order valence-electron chi connectivity index (χ1n) is 10.9. The van der Waals surface area contributed by atoms with E-state index in [9.17, 15) is 18.0 Å². The number of nitrogens with zero attached hydrogens (tertiary/aromatic N) is 5. The van der Waals surface area contributed by atoms with Gasteiger partial charge in [0.05, 0.1) is 30.4 Å². The molecule has 1 aliphatic rings. The first kappa shape index (κ1) is 23.4. The number of nitrogens with one attached hydrogen (secondary N) is 1. The number of aromatic nitrogens is 5. The molecule has 1 aromatic carbocycles. The van der Waals surface area contributed by atoms with Crippen molar-refractivity contribution in [2.45, 2.75) is 38.5 Å². The van der Waals surface area contributed by atoms with Crippen molar-refractivity contribution in [1.82, 2.24) is 30.0 Å². The van der Waals surface area contributed by atoms with Gasteiger partial charge in [0.25, 0.3) is 5.91 Å². The van der Waals surface area contributed by atoms with E-state index in [1.165, 1.54) is 11.3 Å². The van der Waals surface area contributed by atoms with Crippen molar-refractivity contribution in [3.05, 3.63) is 58.7 Å². The number of fused-ring (bicyclic) bond motifs is 1. The van der Waals surface area contributed by atoms with Gasteiger partial charge in [-0.15, -0.1) is 11.3 Å². The summed E-state index contributed by atoms with van der Waals surface area (Å²) in [6, 6.07) is 3.00. The van der Waals surface area contributed by atoms with E-state index in [0.29, 0.717) is 24.3 Å². The number of hydrogen-bond acceptors (Lipinski definition) is 7. The first-order valence-corrected chi connectivity index (χ1v) is 11.7. The maximum Gasteiger partial charge on any atom is 0.451 e. The highest BCUT2D eigenvalue weighted by molar-refractivity contribution is 7.15. The molecule has 2 atom stereocenters. The third-order valence-corrected chi connectivity index (χ3v) is 6.80. The summed E-state index contributed by atoms with van der Waals surface area (Å²) in [6.45, 7) is 4.82. The van der Waals surface area contributed by atoms with Gasteiger partial charge in [0.15, 0.2) is 0 Å². The molecular formula is C23H21F3N6O2S. The fraction of sp³-hybridized carbons (Fsp3) is 0.348. The van der Waals surface area contributed by atoms with Crippen molar-refractivity contribution in [1.29, 1.82) is 0 Å². The van der Waals surface area contributed by atoms with Gasteiger partial charge in [-0.25, -0.2) is 15.0 Å². The van der Waals surface area contributed by atoms with Crippen LogP contribution in [0.2, 0.25) is 0 Å². The average Bonchev–Trinajstić information content (AvgIpc) is 3.58. The van der Waals surface area contributed by atoms with E-state index in [2.05, 4.69) is 25.4 Å². The second-order valence-corrected chi connectivity index (χ2v) is 9.61. The van der Waals surface area contributed by atoms with Gasteiger partial charge >= 0.3 is 6.18 Å². The molecule has 1 unspecified atom stereocenters. The largest absolute Gasteiger partial charge is 0.451 e. The highest BCUT2D eigenvalue weighted by Gasteiger charge is 2.34. The molecule has 1 aliphatic heterocycles. The van der Waals surface area contributed by atoms with Crippen LogP contribution >= 0.6 is 11.3 Å². The number of benzene rings is 1. The van der Waals surface area contributed by atoms with Crippen molar-refractivity contribution >= 4 is 28.1 Å². The third-order valence-electron chi connectivity index (χ3n) is 5.85. The Morgan fingerprint density at radius 2 is 1.97 bits per heavy atom. The van der Waals surface area contributed by atoms with Crippen LogP contribution in [0.5, 0.6) is 0 Å². The highest BCUT2D eigenvalue weighted by atomic mass is 32.1. The molecule has 12 heteroatoms. The number of ether oxygens (including phenoxy) is 1. The molecule has 35 heavy (non-hydrogen) atoms. The number of amides is 1. The van der Waals surface area contributed by atoms with E-state index in [0.717, 1.165) is 45.2 Å². The molecule has 0 aliphatic carbocycles. The normalized spacial score (nSPS) is 17.1. The summed E-state index contributed by atoms with van der Waals surface area (Å²) in [4.78, 5) is 25.5. The van der Waals surface area contributed by atoms with Crippen molar-refractivity contribution in [2.75, 3.05) is 13.2 Å². The number of alkyl halides is 3. The van der Waals surface area contributed by atoms with Crippen LogP contribution in [-0.2, 0) is 10.9 Å². The van der Waals surface area contributed by atoms with Crippen molar-refractivity contribution < 1.29 is 22.7 Å². The van der Waals surface area contributed by atoms with Gasteiger partial charge in [-0.05, 0) is 32.4 Å². The van der Waals surface area contributed by atoms with Gasteiger partial charge in [0.1, 0.15) is 5.01 Å². The summed E-state index contributed by atoms with van der Waals surface area (Å²) in [6.07, 6.45) is 1.90. The standard InChI is InChI=1S/C23H21F3N6O2S/c1-12-7-27-21(35-12)17-5-14(6-19-18(17)10-30-32(19)16-3-4-34-11-16)20(33)31-13(2)15-8-28-22(29-9-15)23(24,25)26/h5-10,13,16H,3-4,11H2,1-2H3,(H,31,33)/t13?,16-/m0/s1. The fourth-order valence-electron chi connectivity index (χ4n) is 4.01. The summed E-state index contributed by atoms with van der Waals surface area (Å²) in [5.74, 6) is -1.61. The van der Waals surface area contributed by atoms with E-state index in [-0.39, 0.29) is 11.9 Å². The molecular weight excluding hydrogens is 481 g/mol. The van der Waals surface area contributed by atoms with Crippen LogP contribution in [0, 0.1) is 6.92 Å². The smallest absolute Gasteiger partial charge is 0.379 e. The van der Waals surface area contributed by atoms with Crippen LogP contribution in [0.25, 0.3) is 21.5 Å². The first-order chi connectivity index (χ1) is 16.7. The minimum Gasteiger partial charge on any atom is -0.379 e. The number of halogens is 3. The Labute approximate surface area is 202 Å². The molecule has 0 saturated carbocycles. The van der Waals surface area contributed by atoms with E-state index in [1.54, 1.807) is 31.5 Å². The summed E-state index contributed by atoms with van der Waals surface area (Å²) in [5.41, 5.74) is 2.33. The molecule has 1 amide bonds. The predicted molar refractivity (Wildman–Crippen MR) is 123 cm³/mol. The maximum absolute atomic E-state index is 13.2. The van der Waals surface area contributed by atoms with Gasteiger partial charge < -0.3 is 10.1 Å². The molecule has 3 aromatic heterocycles. The molecule has 0 spiro atoms. The van der Waals surface area contributed by atoms with E-state index >= 15 is 0 Å². The Kier molecular flexibility index (Phi) is 6.01. The van der Waals surface area contributed by atoms with Crippen LogP contribution in [-0.4, -0.2) is 43.9 Å². The second kappa shape index (κ2) is 9.00. The van der Waals surface area contributed by atoms with Gasteiger partial charge in [-0.3, -0.25) is 9.48 Å². The molecule has 4 heterocycles. The molecule has 0 bridgehead atoms. The summed E-state index contributed by atoms with van der Waals surface area (Å²) < 4.78 is 45.7. The van der Waals surface area contributed by atoms with E-state index in [1.807, 2.05) is 11.6 Å². The number of carbonyl (C=O) groups excluding carboxylic acids is 1. The lowest BCUT2D eigenvalue weighted by Crippen LogP contribution is -2.27. The minimum atomic E-state index is -4.63. The van der Waals surface area contributed by atoms with Crippen LogP contribution in [0.1, 0.15) is 52.1 Å². The average molecular weight is 503 g/mol. The van der Waals surface area contributed by atoms with Crippen molar-refractivity contribution in [2.24, 2.45) is 0 Å². The number of aryl methyl sites for hydroxylation is 1. The summed E-state index contributed by atoms with van der Waals surface area (Å²) >= 11 is 1.52. The SMILES string of the molecule is Cc1cnc(-c2cc(C(=O)NC(C)c3cnc(C(F)(F)F)nc3)cc3c2cnn3[C@H]2CCOC2)s1. The summed E-state index contributed by atoms with van der Waals surface area (Å²) in [5, 5.41) is 9.06.